The second kappa shape index (κ2) is 9.33. The number of benzene rings is 2. The molecule has 0 spiro atoms. The molecule has 0 aliphatic carbocycles. The molecule has 0 N–H and O–H groups in total. The number of aryl methyl sites for hydroxylation is 1. The molecular formula is C25H31N3O2. The highest BCUT2D eigenvalue weighted by Gasteiger charge is 2.34. The molecular weight excluding hydrogens is 374 g/mol. The van der Waals surface area contributed by atoms with Gasteiger partial charge in [0.05, 0.1) is 18.1 Å². The summed E-state index contributed by atoms with van der Waals surface area (Å²) in [6.45, 7) is 3.88. The molecule has 30 heavy (non-hydrogen) atoms. The lowest BCUT2D eigenvalue weighted by Crippen LogP contribution is -2.24. The first kappa shape index (κ1) is 20.5. The first-order valence-corrected chi connectivity index (χ1v) is 11.1. The summed E-state index contributed by atoms with van der Waals surface area (Å²) < 4.78 is 7.60. The maximum Gasteiger partial charge on any atom is 0.227 e. The summed E-state index contributed by atoms with van der Waals surface area (Å²) in [5, 5.41) is 0. The van der Waals surface area contributed by atoms with Crippen LogP contribution >= 0.6 is 0 Å². The monoisotopic (exact) mass is 405 g/mol. The minimum Gasteiger partial charge on any atom is -0.497 e. The quantitative estimate of drug-likeness (QED) is 0.439. The number of carbonyl (C=O) groups is 1. The van der Waals surface area contributed by atoms with E-state index in [1.807, 2.05) is 35.2 Å². The molecule has 5 heteroatoms. The van der Waals surface area contributed by atoms with Crippen LogP contribution in [-0.4, -0.2) is 29.1 Å². The van der Waals surface area contributed by atoms with Crippen molar-refractivity contribution in [1.82, 2.24) is 9.55 Å². The van der Waals surface area contributed by atoms with E-state index < -0.39 is 0 Å². The standard InChI is InChI=1S/C25H31N3O2/c1-3-4-5-6-9-16-27-23-11-8-7-10-22(23)26-25(27)19-17-24(29)28(18-19)20-12-14-21(30-2)15-13-20/h7-8,10-15,19H,3-6,9,16-18H2,1-2H3/t19-/m0/s1. The lowest BCUT2D eigenvalue weighted by molar-refractivity contribution is -0.117. The average Bonchev–Trinajstić information content (AvgIpc) is 3.34. The SMILES string of the molecule is CCCCCCCn1c([C@H]2CC(=O)N(c3ccc(OC)cc3)C2)nc2ccccc21. The number of ether oxygens (including phenoxy) is 1. The zero-order valence-electron chi connectivity index (χ0n) is 18.0. The van der Waals surface area contributed by atoms with Crippen molar-refractivity contribution in [1.29, 1.82) is 0 Å². The van der Waals surface area contributed by atoms with Gasteiger partial charge in [0.2, 0.25) is 5.91 Å². The van der Waals surface area contributed by atoms with Crippen LogP contribution in [0.5, 0.6) is 5.75 Å². The van der Waals surface area contributed by atoms with Crippen molar-refractivity contribution in [2.45, 2.75) is 57.9 Å². The molecule has 0 bridgehead atoms. The van der Waals surface area contributed by atoms with Crippen LogP contribution in [0, 0.1) is 0 Å². The zero-order chi connectivity index (χ0) is 20.9. The Morgan fingerprint density at radius 2 is 1.80 bits per heavy atom. The third-order valence-electron chi connectivity index (χ3n) is 6.04. The Bertz CT molecular complexity index is 993. The van der Waals surface area contributed by atoms with Gasteiger partial charge in [-0.3, -0.25) is 4.79 Å². The van der Waals surface area contributed by atoms with Gasteiger partial charge in [-0.05, 0) is 42.8 Å². The van der Waals surface area contributed by atoms with E-state index in [4.69, 9.17) is 9.72 Å². The number of aromatic nitrogens is 2. The van der Waals surface area contributed by atoms with E-state index in [9.17, 15) is 4.79 Å². The summed E-state index contributed by atoms with van der Waals surface area (Å²) in [5.41, 5.74) is 3.13. The lowest BCUT2D eigenvalue weighted by Gasteiger charge is -2.18. The van der Waals surface area contributed by atoms with E-state index >= 15 is 0 Å². The molecule has 1 aliphatic heterocycles. The highest BCUT2D eigenvalue weighted by molar-refractivity contribution is 5.96. The molecule has 4 rings (SSSR count). The van der Waals surface area contributed by atoms with Gasteiger partial charge in [0.1, 0.15) is 11.6 Å². The highest BCUT2D eigenvalue weighted by Crippen LogP contribution is 2.34. The molecule has 1 aromatic heterocycles. The third kappa shape index (κ3) is 4.20. The van der Waals surface area contributed by atoms with Crippen LogP contribution in [0.15, 0.2) is 48.5 Å². The molecule has 0 unspecified atom stereocenters. The topological polar surface area (TPSA) is 47.4 Å². The molecule has 1 fully saturated rings. The second-order valence-electron chi connectivity index (χ2n) is 8.13. The molecule has 2 heterocycles. The van der Waals surface area contributed by atoms with Crippen LogP contribution in [0.2, 0.25) is 0 Å². The maximum atomic E-state index is 12.8. The number of unbranched alkanes of at least 4 members (excludes halogenated alkanes) is 4. The number of para-hydroxylation sites is 2. The largest absolute Gasteiger partial charge is 0.497 e. The van der Waals surface area contributed by atoms with Crippen molar-refractivity contribution in [3.63, 3.8) is 0 Å². The second-order valence-corrected chi connectivity index (χ2v) is 8.13. The fraction of sp³-hybridized carbons (Fsp3) is 0.440. The Labute approximate surface area is 178 Å². The smallest absolute Gasteiger partial charge is 0.227 e. The number of carbonyl (C=O) groups excluding carboxylic acids is 1. The van der Waals surface area contributed by atoms with E-state index in [0.717, 1.165) is 35.7 Å². The summed E-state index contributed by atoms with van der Waals surface area (Å²) in [6, 6.07) is 16.0. The van der Waals surface area contributed by atoms with Gasteiger partial charge in [-0.1, -0.05) is 44.7 Å². The Hall–Kier alpha value is -2.82. The number of nitrogens with zero attached hydrogens (tertiary/aromatic N) is 3. The predicted octanol–water partition coefficient (Wildman–Crippen LogP) is 5.54. The van der Waals surface area contributed by atoms with E-state index in [2.05, 4.69) is 29.7 Å². The lowest BCUT2D eigenvalue weighted by atomic mass is 10.1. The van der Waals surface area contributed by atoms with Crippen LogP contribution < -0.4 is 9.64 Å². The summed E-state index contributed by atoms with van der Waals surface area (Å²) in [4.78, 5) is 19.7. The number of hydrogen-bond acceptors (Lipinski definition) is 3. The number of hydrogen-bond donors (Lipinski definition) is 0. The van der Waals surface area contributed by atoms with Crippen LogP contribution in [0.25, 0.3) is 11.0 Å². The van der Waals surface area contributed by atoms with Gasteiger partial charge < -0.3 is 14.2 Å². The van der Waals surface area contributed by atoms with E-state index in [0.29, 0.717) is 13.0 Å². The predicted molar refractivity (Wildman–Crippen MR) is 121 cm³/mol. The number of methoxy groups -OCH3 is 1. The van der Waals surface area contributed by atoms with Crippen molar-refractivity contribution >= 4 is 22.6 Å². The van der Waals surface area contributed by atoms with Crippen molar-refractivity contribution in [2.24, 2.45) is 0 Å². The molecule has 0 radical (unpaired) electrons. The van der Waals surface area contributed by atoms with Crippen molar-refractivity contribution < 1.29 is 9.53 Å². The molecule has 3 aromatic rings. The van der Waals surface area contributed by atoms with Crippen LogP contribution in [0.1, 0.15) is 57.2 Å². The van der Waals surface area contributed by atoms with E-state index in [1.54, 1.807) is 7.11 Å². The first-order chi connectivity index (χ1) is 14.7. The van der Waals surface area contributed by atoms with Crippen molar-refractivity contribution in [3.8, 4) is 5.75 Å². The Morgan fingerprint density at radius 3 is 2.57 bits per heavy atom. The van der Waals surface area contributed by atoms with Crippen molar-refractivity contribution in [3.05, 3.63) is 54.4 Å². The van der Waals surface area contributed by atoms with Gasteiger partial charge in [0.25, 0.3) is 0 Å². The minimum absolute atomic E-state index is 0.114. The van der Waals surface area contributed by atoms with E-state index in [1.165, 1.54) is 31.2 Å². The number of rotatable bonds is 9. The summed E-state index contributed by atoms with van der Waals surface area (Å²) >= 11 is 0. The molecule has 1 saturated heterocycles. The fourth-order valence-electron chi connectivity index (χ4n) is 4.41. The molecule has 158 valence electrons. The molecule has 1 aliphatic rings. The molecule has 2 aromatic carbocycles. The minimum atomic E-state index is 0.114. The molecule has 5 nitrogen and oxygen atoms in total. The van der Waals surface area contributed by atoms with Crippen LogP contribution in [-0.2, 0) is 11.3 Å². The maximum absolute atomic E-state index is 12.8. The molecule has 0 saturated carbocycles. The first-order valence-electron chi connectivity index (χ1n) is 11.1. The average molecular weight is 406 g/mol. The number of fused-ring (bicyclic) bond motifs is 1. The zero-order valence-corrected chi connectivity index (χ0v) is 18.0. The number of anilines is 1. The van der Waals surface area contributed by atoms with Crippen LogP contribution in [0.3, 0.4) is 0 Å². The summed E-state index contributed by atoms with van der Waals surface area (Å²) in [7, 11) is 1.65. The van der Waals surface area contributed by atoms with Gasteiger partial charge >= 0.3 is 0 Å². The Kier molecular flexibility index (Phi) is 6.36. The highest BCUT2D eigenvalue weighted by atomic mass is 16.5. The normalized spacial score (nSPS) is 16.5. The number of amides is 1. The number of imidazole rings is 1. The Morgan fingerprint density at radius 1 is 1.03 bits per heavy atom. The fourth-order valence-corrected chi connectivity index (χ4v) is 4.41. The van der Waals surface area contributed by atoms with Gasteiger partial charge in [0, 0.05) is 31.1 Å². The van der Waals surface area contributed by atoms with Gasteiger partial charge in [-0.25, -0.2) is 4.98 Å². The van der Waals surface area contributed by atoms with Crippen molar-refractivity contribution in [2.75, 3.05) is 18.6 Å². The summed E-state index contributed by atoms with van der Waals surface area (Å²) in [6.07, 6.45) is 6.73. The summed E-state index contributed by atoms with van der Waals surface area (Å²) in [5.74, 6) is 2.12. The molecule has 1 amide bonds. The van der Waals surface area contributed by atoms with Gasteiger partial charge in [0.15, 0.2) is 0 Å². The van der Waals surface area contributed by atoms with Crippen LogP contribution in [0.4, 0.5) is 5.69 Å². The third-order valence-corrected chi connectivity index (χ3v) is 6.04. The molecule has 1 atom stereocenters. The Balaban J connectivity index is 1.56. The van der Waals surface area contributed by atoms with Gasteiger partial charge in [-0.15, -0.1) is 0 Å². The van der Waals surface area contributed by atoms with E-state index in [-0.39, 0.29) is 11.8 Å². The van der Waals surface area contributed by atoms with Gasteiger partial charge in [-0.2, -0.15) is 0 Å².